The highest BCUT2D eigenvalue weighted by molar-refractivity contribution is 7.59. The molecule has 6 rings (SSSR count). The number of rotatable bonds is 15. The Hall–Kier alpha value is -4.45. The largest absolute Gasteiger partial charge is 0.488 e. The zero-order chi connectivity index (χ0) is 37.4. The molecule has 0 aromatic heterocycles. The predicted molar refractivity (Wildman–Crippen MR) is 223 cm³/mol. The van der Waals surface area contributed by atoms with Gasteiger partial charge in [-0.05, 0) is 79.7 Å². The number of nitrogens with two attached hydrogens (primary N) is 1. The maximum atomic E-state index is 11.8. The molecule has 2 aliphatic carbocycles. The first-order valence-electron chi connectivity index (χ1n) is 17.8. The van der Waals surface area contributed by atoms with E-state index < -0.39 is 0 Å². The number of carbonyl (C=O) groups is 3. The van der Waals surface area contributed by atoms with Gasteiger partial charge in [0.25, 0.3) is 0 Å². The molecular weight excluding hydrogens is 760 g/mol. The van der Waals surface area contributed by atoms with Crippen molar-refractivity contribution in [3.8, 4) is 29.1 Å². The maximum Gasteiger partial charge on any atom is 0.163 e. The van der Waals surface area contributed by atoms with Crippen LogP contribution in [0.2, 0.25) is 5.02 Å². The van der Waals surface area contributed by atoms with Crippen LogP contribution in [0.15, 0.2) is 78.5 Å². The molecule has 0 unspecified atom stereocenters. The Bertz CT molecular complexity index is 1870. The molecule has 1 aliphatic heterocycles. The first-order chi connectivity index (χ1) is 25.8. The second-order valence-electron chi connectivity index (χ2n) is 13.2. The molecule has 3 aliphatic rings. The maximum absolute atomic E-state index is 11.8. The van der Waals surface area contributed by atoms with E-state index in [9.17, 15) is 19.6 Å². The molecule has 2 atom stereocenters. The molecule has 294 valence electrons. The molecule has 11 nitrogen and oxygen atoms in total. The third kappa shape index (κ3) is 14.3. The molecule has 2 fully saturated rings. The van der Waals surface area contributed by atoms with E-state index in [0.717, 1.165) is 55.3 Å². The number of nitrogens with zero attached hydrogens (tertiary/aromatic N) is 1. The third-order valence-corrected chi connectivity index (χ3v) is 9.38. The van der Waals surface area contributed by atoms with E-state index in [1.807, 2.05) is 30.3 Å². The summed E-state index contributed by atoms with van der Waals surface area (Å²) in [5.41, 5.74) is 8.78. The Morgan fingerprint density at radius 3 is 2.36 bits per heavy atom. The van der Waals surface area contributed by atoms with Crippen LogP contribution in [0.1, 0.15) is 55.2 Å². The first kappa shape index (κ1) is 44.9. The highest BCUT2D eigenvalue weighted by Crippen LogP contribution is 2.35. The van der Waals surface area contributed by atoms with Crippen molar-refractivity contribution < 1.29 is 33.3 Å². The van der Waals surface area contributed by atoms with Gasteiger partial charge in [0.1, 0.15) is 55.8 Å². The number of fused-ring (bicyclic) bond motifs is 1. The number of carbonyl (C=O) groups excluding carboxylic acids is 3. The lowest BCUT2D eigenvalue weighted by molar-refractivity contribution is -0.118. The van der Waals surface area contributed by atoms with Gasteiger partial charge in [0, 0.05) is 67.4 Å². The number of hydrogen-bond donors (Lipinski definition) is 3. The molecule has 55 heavy (non-hydrogen) atoms. The molecule has 0 bridgehead atoms. The summed E-state index contributed by atoms with van der Waals surface area (Å²) in [5, 5.41) is 16.2. The number of halogens is 1. The Kier molecular flexibility index (Phi) is 19.2. The van der Waals surface area contributed by atoms with Gasteiger partial charge < -0.3 is 35.3 Å². The molecule has 2 saturated carbocycles. The standard InChI is InChI=1S/C35H34ClN3O6.C6H11NO.2H2S/c36-31-15-28(20-38-19-25-6-8-30(41)14-25)33(44-22-26-4-1-3-24(13-26)18-37)17-34(31)45-23-27(21-40)5-2-10-39-29-7-9-32-35(16-29)43-12-11-42-32;7-4-5-1-2-6(8)3-5;;/h1-5,7,9-10,13,15-17,21,25,38-39H,6,8,11-12,14,19-20,22-23H2;5H,1-4,7H2;2*1H2/b10-2-,27-5+;;;/t25-;5-;;/m11../s1. The van der Waals surface area contributed by atoms with Gasteiger partial charge in [-0.25, -0.2) is 0 Å². The second kappa shape index (κ2) is 23.5. The number of aldehydes is 1. The lowest BCUT2D eigenvalue weighted by Crippen LogP contribution is -2.21. The summed E-state index contributed by atoms with van der Waals surface area (Å²) in [6.07, 6.45) is 10.5. The monoisotopic (exact) mass is 808 g/mol. The van der Waals surface area contributed by atoms with Crippen LogP contribution in [0.4, 0.5) is 5.69 Å². The fourth-order valence-corrected chi connectivity index (χ4v) is 6.39. The summed E-state index contributed by atoms with van der Waals surface area (Å²) in [4.78, 5) is 34.0. The first-order valence-corrected chi connectivity index (χ1v) is 18.2. The van der Waals surface area contributed by atoms with Crippen molar-refractivity contribution in [2.75, 3.05) is 38.2 Å². The predicted octanol–water partition coefficient (Wildman–Crippen LogP) is 6.69. The fraction of sp³-hybridized carbons (Fsp3) is 0.366. The summed E-state index contributed by atoms with van der Waals surface area (Å²) in [5.74, 6) is 3.85. The van der Waals surface area contributed by atoms with Gasteiger partial charge in [0.2, 0.25) is 0 Å². The lowest BCUT2D eigenvalue weighted by Gasteiger charge is -2.18. The van der Waals surface area contributed by atoms with Gasteiger partial charge in [0.05, 0.1) is 16.7 Å². The Morgan fingerprint density at radius 2 is 1.69 bits per heavy atom. The molecule has 3 aromatic rings. The van der Waals surface area contributed by atoms with E-state index in [4.69, 9.17) is 36.3 Å². The molecule has 0 radical (unpaired) electrons. The third-order valence-electron chi connectivity index (χ3n) is 9.09. The normalized spacial score (nSPS) is 17.3. The molecule has 14 heteroatoms. The number of hydrogen-bond acceptors (Lipinski definition) is 11. The minimum Gasteiger partial charge on any atom is -0.488 e. The van der Waals surface area contributed by atoms with Gasteiger partial charge in [0.15, 0.2) is 11.5 Å². The van der Waals surface area contributed by atoms with E-state index in [0.29, 0.717) is 102 Å². The van der Waals surface area contributed by atoms with Crippen LogP contribution in [0.3, 0.4) is 0 Å². The van der Waals surface area contributed by atoms with Crippen LogP contribution < -0.4 is 35.3 Å². The summed E-state index contributed by atoms with van der Waals surface area (Å²) in [6, 6.07) is 18.4. The second-order valence-corrected chi connectivity index (χ2v) is 13.6. The number of ether oxygens (including phenoxy) is 4. The average molecular weight is 809 g/mol. The van der Waals surface area contributed by atoms with Crippen LogP contribution in [0.5, 0.6) is 23.0 Å². The van der Waals surface area contributed by atoms with Crippen LogP contribution in [-0.2, 0) is 27.5 Å². The fourth-order valence-electron chi connectivity index (χ4n) is 6.15. The number of allylic oxidation sites excluding steroid dienone is 2. The molecule has 0 saturated heterocycles. The van der Waals surface area contributed by atoms with Gasteiger partial charge in [-0.15, -0.1) is 0 Å². The highest BCUT2D eigenvalue weighted by atomic mass is 35.5. The molecular formula is C41H49ClN4O7S2. The van der Waals surface area contributed by atoms with Gasteiger partial charge in [-0.1, -0.05) is 29.8 Å². The van der Waals surface area contributed by atoms with Crippen molar-refractivity contribution >= 4 is 62.1 Å². The van der Waals surface area contributed by atoms with Gasteiger partial charge in [-0.3, -0.25) is 14.4 Å². The molecule has 1 heterocycles. The smallest absolute Gasteiger partial charge is 0.163 e. The van der Waals surface area contributed by atoms with E-state index in [1.54, 1.807) is 42.6 Å². The number of nitriles is 1. The van der Waals surface area contributed by atoms with Crippen molar-refractivity contribution in [3.05, 3.63) is 100 Å². The number of Topliss-reactive ketones (excluding diaryl/α,β-unsaturated/α-hetero) is 2. The molecule has 0 amide bonds. The van der Waals surface area contributed by atoms with E-state index >= 15 is 0 Å². The van der Waals surface area contributed by atoms with Crippen molar-refractivity contribution in [1.29, 1.82) is 5.26 Å². The molecule has 4 N–H and O–H groups in total. The van der Waals surface area contributed by atoms with Crippen molar-refractivity contribution in [1.82, 2.24) is 5.32 Å². The Labute approximate surface area is 341 Å². The van der Waals surface area contributed by atoms with Crippen molar-refractivity contribution in [3.63, 3.8) is 0 Å². The van der Waals surface area contributed by atoms with E-state index in [1.165, 1.54) is 0 Å². The molecule has 0 spiro atoms. The van der Waals surface area contributed by atoms with Crippen molar-refractivity contribution in [2.24, 2.45) is 17.6 Å². The van der Waals surface area contributed by atoms with Gasteiger partial charge in [-0.2, -0.15) is 32.3 Å². The van der Waals surface area contributed by atoms with Crippen molar-refractivity contribution in [2.45, 2.75) is 51.7 Å². The number of nitrogens with one attached hydrogen (secondary N) is 2. The van der Waals surface area contributed by atoms with Crippen LogP contribution >= 0.6 is 38.6 Å². The lowest BCUT2D eigenvalue weighted by atomic mass is 10.1. The summed E-state index contributed by atoms with van der Waals surface area (Å²) < 4.78 is 23.3. The number of ketones is 2. The SMILES string of the molecule is N#Cc1cccc(COc2cc(OC/C(C=O)=C/C=C\Nc3ccc4c(c3)OCCO4)c(Cl)cc2CNC[C@@H]2CCC(=O)C2)c1.NC[C@@H]1CCC(=O)C1.S.S. The Morgan fingerprint density at radius 1 is 0.945 bits per heavy atom. The van der Waals surface area contributed by atoms with Crippen LogP contribution in [-0.4, -0.2) is 50.8 Å². The minimum atomic E-state index is -0.00541. The quantitative estimate of drug-likeness (QED) is 0.0853. The zero-order valence-electron chi connectivity index (χ0n) is 30.6. The van der Waals surface area contributed by atoms with Gasteiger partial charge >= 0.3 is 0 Å². The average Bonchev–Trinajstić information content (AvgIpc) is 3.81. The topological polar surface area (TPSA) is 162 Å². The van der Waals surface area contributed by atoms with Crippen LogP contribution in [0.25, 0.3) is 0 Å². The zero-order valence-corrected chi connectivity index (χ0v) is 33.4. The summed E-state index contributed by atoms with van der Waals surface area (Å²) >= 11 is 6.62. The molecule has 3 aromatic carbocycles. The van der Waals surface area contributed by atoms with Crippen LogP contribution in [0, 0.1) is 23.2 Å². The Balaban J connectivity index is 0.000000723. The summed E-state index contributed by atoms with van der Waals surface area (Å²) in [7, 11) is 0. The number of anilines is 1. The number of benzene rings is 3. The van der Waals surface area contributed by atoms with E-state index in [2.05, 4.69) is 16.7 Å². The highest BCUT2D eigenvalue weighted by Gasteiger charge is 2.22. The summed E-state index contributed by atoms with van der Waals surface area (Å²) in [6.45, 7) is 3.16. The minimum absolute atomic E-state index is 0. The van der Waals surface area contributed by atoms with E-state index in [-0.39, 0.29) is 40.2 Å².